The number of halogens is 1. The number of rotatable bonds is 6. The molecule has 0 aliphatic carbocycles. The topological polar surface area (TPSA) is 85.8 Å². The average molecular weight is 440 g/mol. The summed E-state index contributed by atoms with van der Waals surface area (Å²) in [6.45, 7) is 6.29. The Hall–Kier alpha value is -3.42. The largest absolute Gasteiger partial charge is 0.356 e. The minimum atomic E-state index is -0.285. The molecule has 0 atom stereocenters. The van der Waals surface area contributed by atoms with Crippen LogP contribution >= 0.6 is 0 Å². The van der Waals surface area contributed by atoms with Gasteiger partial charge in [-0.1, -0.05) is 38.1 Å². The van der Waals surface area contributed by atoms with E-state index in [4.69, 9.17) is 0 Å². The van der Waals surface area contributed by atoms with Gasteiger partial charge in [-0.15, -0.1) is 0 Å². The monoisotopic (exact) mass is 439 g/mol. The number of carbonyl (C=O) groups is 2. The molecule has 7 nitrogen and oxygen atoms in total. The molecule has 0 saturated carbocycles. The highest BCUT2D eigenvalue weighted by Crippen LogP contribution is 2.22. The maximum absolute atomic E-state index is 13.6. The van der Waals surface area contributed by atoms with E-state index in [1.807, 2.05) is 32.0 Å². The van der Waals surface area contributed by atoms with Crippen LogP contribution in [0.4, 0.5) is 4.39 Å². The van der Waals surface area contributed by atoms with Gasteiger partial charge in [-0.2, -0.15) is 0 Å². The van der Waals surface area contributed by atoms with E-state index in [-0.39, 0.29) is 29.6 Å². The molecule has 0 aromatic heterocycles. The molecule has 0 unspecified atom stereocenters. The molecule has 3 N–H and O–H groups in total. The molecule has 2 amide bonds. The molecule has 0 spiro atoms. The number of guanidine groups is 1. The first-order chi connectivity index (χ1) is 15.3. The van der Waals surface area contributed by atoms with E-state index in [1.165, 1.54) is 6.07 Å². The van der Waals surface area contributed by atoms with Crippen LogP contribution < -0.4 is 16.0 Å². The molecule has 8 heteroatoms. The highest BCUT2D eigenvalue weighted by Gasteiger charge is 2.23. The lowest BCUT2D eigenvalue weighted by Gasteiger charge is -2.27. The summed E-state index contributed by atoms with van der Waals surface area (Å²) in [5.74, 6) is 0.110. The van der Waals surface area contributed by atoms with Gasteiger partial charge in [0.15, 0.2) is 5.96 Å². The van der Waals surface area contributed by atoms with E-state index in [0.717, 1.165) is 11.1 Å². The number of carbonyl (C=O) groups excluding carboxylic acids is 2. The van der Waals surface area contributed by atoms with E-state index >= 15 is 0 Å². The maximum atomic E-state index is 13.6. The molecule has 3 rings (SSSR count). The fraction of sp³-hybridized carbons (Fsp3) is 0.375. The van der Waals surface area contributed by atoms with Crippen LogP contribution in [0.1, 0.15) is 35.3 Å². The Morgan fingerprint density at radius 2 is 1.94 bits per heavy atom. The van der Waals surface area contributed by atoms with Crippen molar-refractivity contribution in [3.63, 3.8) is 0 Å². The van der Waals surface area contributed by atoms with Crippen molar-refractivity contribution in [2.45, 2.75) is 25.8 Å². The highest BCUT2D eigenvalue weighted by molar-refractivity contribution is 5.97. The summed E-state index contributed by atoms with van der Waals surface area (Å²) >= 11 is 0. The number of hydrogen-bond acceptors (Lipinski definition) is 3. The molecular formula is C24H30FN5O2. The molecule has 1 heterocycles. The Morgan fingerprint density at radius 3 is 2.59 bits per heavy atom. The van der Waals surface area contributed by atoms with Crippen LogP contribution in [0.25, 0.3) is 0 Å². The van der Waals surface area contributed by atoms with Crippen molar-refractivity contribution >= 4 is 17.8 Å². The summed E-state index contributed by atoms with van der Waals surface area (Å²) in [4.78, 5) is 29.9. The summed E-state index contributed by atoms with van der Waals surface area (Å²) in [6, 6.07) is 13.9. The van der Waals surface area contributed by atoms with Gasteiger partial charge >= 0.3 is 0 Å². The zero-order chi connectivity index (χ0) is 23.1. The van der Waals surface area contributed by atoms with Gasteiger partial charge in [-0.05, 0) is 35.4 Å². The van der Waals surface area contributed by atoms with Gasteiger partial charge < -0.3 is 20.9 Å². The molecule has 2 aromatic rings. The number of hydrogen-bond donors (Lipinski definition) is 3. The van der Waals surface area contributed by atoms with Crippen LogP contribution in [0, 0.1) is 5.82 Å². The van der Waals surface area contributed by atoms with Crippen molar-refractivity contribution in [1.29, 1.82) is 0 Å². The second-order valence-corrected chi connectivity index (χ2v) is 8.45. The molecular weight excluding hydrogens is 409 g/mol. The summed E-state index contributed by atoms with van der Waals surface area (Å²) in [5, 5.41) is 9.26. The van der Waals surface area contributed by atoms with Crippen molar-refractivity contribution in [3.05, 3.63) is 71.0 Å². The van der Waals surface area contributed by atoms with Crippen LogP contribution in [-0.4, -0.2) is 55.9 Å². The predicted molar refractivity (Wildman–Crippen MR) is 123 cm³/mol. The smallest absolute Gasteiger partial charge is 0.254 e. The van der Waals surface area contributed by atoms with Crippen molar-refractivity contribution in [3.8, 4) is 0 Å². The zero-order valence-corrected chi connectivity index (χ0v) is 18.7. The number of piperazine rings is 1. The van der Waals surface area contributed by atoms with Gasteiger partial charge in [0.25, 0.3) is 5.91 Å². The molecule has 1 aliphatic rings. The molecule has 0 radical (unpaired) electrons. The lowest BCUT2D eigenvalue weighted by molar-refractivity contribution is -0.123. The van der Waals surface area contributed by atoms with Crippen molar-refractivity contribution in [1.82, 2.24) is 20.9 Å². The standard InChI is InChI=1S/C24H30FN5O2/c1-24(2,19-5-4-6-20(25)13-19)16-29-23(26-3)28-14-17-7-9-18(10-8-17)22(32)30-12-11-27-21(31)15-30/h4-10,13H,11-12,14-16H2,1-3H3,(H,27,31)(H2,26,28,29). The van der Waals surface area contributed by atoms with Crippen LogP contribution in [0.3, 0.4) is 0 Å². The summed E-state index contributed by atoms with van der Waals surface area (Å²) in [6.07, 6.45) is 0. The van der Waals surface area contributed by atoms with E-state index in [9.17, 15) is 14.0 Å². The number of aliphatic imine (C=N–C) groups is 1. The van der Waals surface area contributed by atoms with E-state index in [0.29, 0.717) is 37.7 Å². The fourth-order valence-electron chi connectivity index (χ4n) is 3.48. The molecule has 1 saturated heterocycles. The van der Waals surface area contributed by atoms with Crippen molar-refractivity contribution in [2.75, 3.05) is 33.2 Å². The van der Waals surface area contributed by atoms with Gasteiger partial charge in [0.1, 0.15) is 5.82 Å². The fourth-order valence-corrected chi connectivity index (χ4v) is 3.48. The van der Waals surface area contributed by atoms with E-state index in [1.54, 1.807) is 36.2 Å². The first-order valence-electron chi connectivity index (χ1n) is 10.6. The third-order valence-electron chi connectivity index (χ3n) is 5.51. The Morgan fingerprint density at radius 1 is 1.19 bits per heavy atom. The van der Waals surface area contributed by atoms with Crippen molar-refractivity contribution < 1.29 is 14.0 Å². The lowest BCUT2D eigenvalue weighted by atomic mass is 9.84. The van der Waals surface area contributed by atoms with Gasteiger partial charge in [-0.3, -0.25) is 14.6 Å². The minimum Gasteiger partial charge on any atom is -0.356 e. The average Bonchev–Trinajstić information content (AvgIpc) is 2.79. The Labute approximate surface area is 188 Å². The lowest BCUT2D eigenvalue weighted by Crippen LogP contribution is -2.49. The Balaban J connectivity index is 1.52. The number of nitrogens with zero attached hydrogens (tertiary/aromatic N) is 2. The normalized spacial score (nSPS) is 14.7. The van der Waals surface area contributed by atoms with Crippen LogP contribution in [0.15, 0.2) is 53.5 Å². The summed E-state index contributed by atoms with van der Waals surface area (Å²) in [7, 11) is 1.70. The third-order valence-corrected chi connectivity index (χ3v) is 5.51. The van der Waals surface area contributed by atoms with Gasteiger partial charge in [-0.25, -0.2) is 4.39 Å². The molecule has 32 heavy (non-hydrogen) atoms. The van der Waals surface area contributed by atoms with Crippen molar-refractivity contribution in [2.24, 2.45) is 4.99 Å². The van der Waals surface area contributed by atoms with Gasteiger partial charge in [0.05, 0.1) is 6.54 Å². The summed E-state index contributed by atoms with van der Waals surface area (Å²) in [5.41, 5.74) is 2.17. The molecule has 1 fully saturated rings. The third kappa shape index (κ3) is 6.06. The Kier molecular flexibility index (Phi) is 7.45. The quantitative estimate of drug-likeness (QED) is 0.475. The second kappa shape index (κ2) is 10.3. The first kappa shape index (κ1) is 23.2. The molecule has 170 valence electrons. The van der Waals surface area contributed by atoms with Crippen LogP contribution in [0.2, 0.25) is 0 Å². The first-order valence-corrected chi connectivity index (χ1v) is 10.6. The number of benzene rings is 2. The van der Waals surface area contributed by atoms with E-state index < -0.39 is 0 Å². The number of nitrogens with one attached hydrogen (secondary N) is 3. The second-order valence-electron chi connectivity index (χ2n) is 8.45. The Bertz CT molecular complexity index is 988. The predicted octanol–water partition coefficient (Wildman–Crippen LogP) is 2.04. The molecule has 2 aromatic carbocycles. The van der Waals surface area contributed by atoms with Gasteiger partial charge in [0, 0.05) is 44.2 Å². The number of amides is 2. The molecule has 0 bridgehead atoms. The zero-order valence-electron chi connectivity index (χ0n) is 18.7. The van der Waals surface area contributed by atoms with Crippen LogP contribution in [0.5, 0.6) is 0 Å². The van der Waals surface area contributed by atoms with Gasteiger partial charge in [0.2, 0.25) is 5.91 Å². The van der Waals surface area contributed by atoms with E-state index in [2.05, 4.69) is 20.9 Å². The van der Waals surface area contributed by atoms with Crippen LogP contribution in [-0.2, 0) is 16.8 Å². The maximum Gasteiger partial charge on any atom is 0.254 e. The molecule has 1 aliphatic heterocycles. The minimum absolute atomic E-state index is 0.0934. The SMILES string of the molecule is CN=C(NCc1ccc(C(=O)N2CCNC(=O)C2)cc1)NCC(C)(C)c1cccc(F)c1. The summed E-state index contributed by atoms with van der Waals surface area (Å²) < 4.78 is 13.6. The highest BCUT2D eigenvalue weighted by atomic mass is 19.1.